The zero-order valence-corrected chi connectivity index (χ0v) is 20.6. The second-order valence-electron chi connectivity index (χ2n) is 8.58. The highest BCUT2D eigenvalue weighted by atomic mass is 19.4. The summed E-state index contributed by atoms with van der Waals surface area (Å²) in [5, 5.41) is 14.2. The van der Waals surface area contributed by atoms with Crippen molar-refractivity contribution in [1.82, 2.24) is 0 Å². The van der Waals surface area contributed by atoms with E-state index in [-0.39, 0.29) is 39.2 Å². The highest BCUT2D eigenvalue weighted by molar-refractivity contribution is 6.08. The van der Waals surface area contributed by atoms with Gasteiger partial charge in [0.15, 0.2) is 5.69 Å². The van der Waals surface area contributed by atoms with Crippen molar-refractivity contribution in [2.75, 3.05) is 10.6 Å². The smallest absolute Gasteiger partial charge is 0.322 e. The number of nitrogens with one attached hydrogen (secondary N) is 2. The molecule has 0 saturated carbocycles. The molecule has 0 unspecified atom stereocenters. The maximum Gasteiger partial charge on any atom is 0.435 e. The normalized spacial score (nSPS) is 11.8. The van der Waals surface area contributed by atoms with Crippen LogP contribution in [0.15, 0.2) is 54.6 Å². The van der Waals surface area contributed by atoms with Gasteiger partial charge in [0.05, 0.1) is 17.8 Å². The molecule has 2 N–H and O–H groups in total. The van der Waals surface area contributed by atoms with E-state index in [9.17, 15) is 45.6 Å². The summed E-state index contributed by atoms with van der Waals surface area (Å²) < 4.78 is 93.6. The Morgan fingerprint density at radius 1 is 0.800 bits per heavy atom. The third-order valence-electron chi connectivity index (χ3n) is 5.86. The number of aryl methyl sites for hydroxylation is 2. The van der Waals surface area contributed by atoms with Crippen molar-refractivity contribution in [3.05, 3.63) is 99.4 Å². The number of hydrogen-bond acceptors (Lipinski definition) is 3. The van der Waals surface area contributed by atoms with Gasteiger partial charge in [-0.3, -0.25) is 9.59 Å². The topological polar surface area (TPSA) is 86.3 Å². The van der Waals surface area contributed by atoms with Crippen LogP contribution in [-0.4, -0.2) is 24.2 Å². The first-order chi connectivity index (χ1) is 18.5. The summed E-state index contributed by atoms with van der Waals surface area (Å²) in [6.07, 6.45) is -12.6. The van der Waals surface area contributed by atoms with Crippen LogP contribution in [0.4, 0.5) is 47.8 Å². The van der Waals surface area contributed by atoms with E-state index in [1.807, 2.05) is 6.07 Å². The summed E-state index contributed by atoms with van der Waals surface area (Å²) >= 11 is 0. The molecule has 0 aliphatic heterocycles. The Kier molecular flexibility index (Phi) is 7.92. The average molecular weight is 562 g/mol. The molecule has 6 nitrogen and oxygen atoms in total. The SMILES string of the molecule is [C-]#[N+]c1ccc(C(=O)Nc2cc(C(=O)Nc3c(C)cc(C(F)(C(F)(F)F)C(F)(F)F)cc3C)ccc2C#N)cc1. The third-order valence-corrected chi connectivity index (χ3v) is 5.86. The van der Waals surface area contributed by atoms with Gasteiger partial charge >= 0.3 is 18.0 Å². The quantitative estimate of drug-likeness (QED) is 0.249. The summed E-state index contributed by atoms with van der Waals surface area (Å²) in [6, 6.07) is 11.7. The van der Waals surface area contributed by atoms with E-state index in [2.05, 4.69) is 15.5 Å². The number of carbonyl (C=O) groups excluding carboxylic acids is 2. The van der Waals surface area contributed by atoms with Crippen molar-refractivity contribution in [2.24, 2.45) is 0 Å². The highest BCUT2D eigenvalue weighted by Gasteiger charge is 2.73. The number of nitriles is 1. The van der Waals surface area contributed by atoms with Gasteiger partial charge in [0.25, 0.3) is 11.8 Å². The number of alkyl halides is 7. The number of nitrogens with zero attached hydrogens (tertiary/aromatic N) is 2. The lowest BCUT2D eigenvalue weighted by Gasteiger charge is -2.31. The number of anilines is 2. The zero-order valence-electron chi connectivity index (χ0n) is 20.6. The lowest BCUT2D eigenvalue weighted by Crippen LogP contribution is -2.50. The van der Waals surface area contributed by atoms with Gasteiger partial charge in [0, 0.05) is 22.4 Å². The van der Waals surface area contributed by atoms with E-state index in [0.29, 0.717) is 17.8 Å². The summed E-state index contributed by atoms with van der Waals surface area (Å²) in [5.74, 6) is -1.53. The van der Waals surface area contributed by atoms with Crippen LogP contribution in [0.3, 0.4) is 0 Å². The number of hydrogen-bond donors (Lipinski definition) is 2. The van der Waals surface area contributed by atoms with Crippen LogP contribution in [0.25, 0.3) is 4.85 Å². The fraction of sp³-hybridized carbons (Fsp3) is 0.185. The lowest BCUT2D eigenvalue weighted by molar-refractivity contribution is -0.348. The first-order valence-corrected chi connectivity index (χ1v) is 11.1. The van der Waals surface area contributed by atoms with E-state index in [1.54, 1.807) is 0 Å². The van der Waals surface area contributed by atoms with Gasteiger partial charge in [-0.25, -0.2) is 9.24 Å². The van der Waals surface area contributed by atoms with Crippen LogP contribution in [0.2, 0.25) is 0 Å². The molecule has 3 rings (SSSR count). The standard InChI is InChI=1S/C27H17F7N4O2/c1-14-10-19(25(28,26(29,30)31)27(32,33)34)11-15(2)22(14)38-24(40)17-4-5-18(13-35)21(12-17)37-23(39)16-6-8-20(36-3)9-7-16/h4-12H,1-2H3,(H,37,39)(H,38,40). The Labute approximate surface area is 222 Å². The zero-order chi connectivity index (χ0) is 30.0. The number of amides is 2. The maximum atomic E-state index is 14.5. The van der Waals surface area contributed by atoms with Crippen LogP contribution < -0.4 is 10.6 Å². The van der Waals surface area contributed by atoms with Crippen LogP contribution in [0, 0.1) is 31.8 Å². The molecule has 40 heavy (non-hydrogen) atoms. The lowest BCUT2D eigenvalue weighted by atomic mass is 9.90. The summed E-state index contributed by atoms with van der Waals surface area (Å²) in [7, 11) is 0. The minimum absolute atomic E-state index is 0.0158. The summed E-state index contributed by atoms with van der Waals surface area (Å²) in [5.41, 5.74) is -7.77. The van der Waals surface area contributed by atoms with Crippen molar-refractivity contribution < 1.29 is 40.3 Å². The molecule has 0 aromatic heterocycles. The van der Waals surface area contributed by atoms with Crippen molar-refractivity contribution in [3.63, 3.8) is 0 Å². The predicted molar refractivity (Wildman–Crippen MR) is 131 cm³/mol. The fourth-order valence-corrected chi connectivity index (χ4v) is 3.80. The molecule has 0 aliphatic rings. The third kappa shape index (κ3) is 5.59. The second kappa shape index (κ2) is 10.7. The molecule has 0 aliphatic carbocycles. The van der Waals surface area contributed by atoms with Gasteiger partial charge in [0.2, 0.25) is 0 Å². The Bertz CT molecular complexity index is 1530. The van der Waals surface area contributed by atoms with Gasteiger partial charge in [-0.1, -0.05) is 36.4 Å². The van der Waals surface area contributed by atoms with Crippen molar-refractivity contribution in [1.29, 1.82) is 5.26 Å². The van der Waals surface area contributed by atoms with Crippen molar-refractivity contribution >= 4 is 28.9 Å². The van der Waals surface area contributed by atoms with E-state index in [4.69, 9.17) is 6.57 Å². The minimum Gasteiger partial charge on any atom is -0.322 e. The Hall–Kier alpha value is -4.91. The maximum absolute atomic E-state index is 14.5. The average Bonchev–Trinajstić information content (AvgIpc) is 2.88. The number of benzene rings is 3. The molecule has 3 aromatic rings. The molecule has 13 heteroatoms. The van der Waals surface area contributed by atoms with Gasteiger partial charge in [-0.05, 0) is 43.2 Å². The van der Waals surface area contributed by atoms with E-state index in [0.717, 1.165) is 19.9 Å². The van der Waals surface area contributed by atoms with Crippen molar-refractivity contribution in [3.8, 4) is 6.07 Å². The molecule has 0 spiro atoms. The van der Waals surface area contributed by atoms with Gasteiger partial charge in [0.1, 0.15) is 6.07 Å². The van der Waals surface area contributed by atoms with Crippen LogP contribution in [0.1, 0.15) is 43.0 Å². The molecular weight excluding hydrogens is 545 g/mol. The molecule has 0 bridgehead atoms. The van der Waals surface area contributed by atoms with Crippen LogP contribution in [0.5, 0.6) is 0 Å². The van der Waals surface area contributed by atoms with Gasteiger partial charge in [-0.2, -0.15) is 31.6 Å². The second-order valence-corrected chi connectivity index (χ2v) is 8.58. The van der Waals surface area contributed by atoms with E-state index < -0.39 is 35.4 Å². The monoisotopic (exact) mass is 562 g/mol. The molecular formula is C27H17F7N4O2. The number of carbonyl (C=O) groups is 2. The van der Waals surface area contributed by atoms with Crippen molar-refractivity contribution in [2.45, 2.75) is 31.9 Å². The minimum atomic E-state index is -6.29. The Balaban J connectivity index is 1.92. The Morgan fingerprint density at radius 2 is 1.30 bits per heavy atom. The molecule has 0 radical (unpaired) electrons. The molecule has 3 aromatic carbocycles. The molecule has 2 amide bonds. The fourth-order valence-electron chi connectivity index (χ4n) is 3.80. The first-order valence-electron chi connectivity index (χ1n) is 11.1. The molecule has 0 fully saturated rings. The molecule has 0 atom stereocenters. The predicted octanol–water partition coefficient (Wildman–Crippen LogP) is 7.52. The molecule has 0 heterocycles. The van der Waals surface area contributed by atoms with Crippen LogP contribution >= 0.6 is 0 Å². The van der Waals surface area contributed by atoms with E-state index in [1.165, 1.54) is 36.4 Å². The van der Waals surface area contributed by atoms with E-state index >= 15 is 0 Å². The largest absolute Gasteiger partial charge is 0.435 e. The van der Waals surface area contributed by atoms with Gasteiger partial charge < -0.3 is 10.6 Å². The number of rotatable bonds is 5. The summed E-state index contributed by atoms with van der Waals surface area (Å²) in [4.78, 5) is 28.7. The number of halogens is 7. The first kappa shape index (κ1) is 29.6. The summed E-state index contributed by atoms with van der Waals surface area (Å²) in [6.45, 7) is 9.16. The Morgan fingerprint density at radius 3 is 1.77 bits per heavy atom. The molecule has 0 saturated heterocycles. The van der Waals surface area contributed by atoms with Gasteiger partial charge in [-0.15, -0.1) is 0 Å². The highest BCUT2D eigenvalue weighted by Crippen LogP contribution is 2.53. The molecule has 206 valence electrons. The van der Waals surface area contributed by atoms with Crippen LogP contribution in [-0.2, 0) is 5.67 Å².